The number of hydrogen-bond donors (Lipinski definition) is 2. The van der Waals surface area contributed by atoms with Gasteiger partial charge in [0.15, 0.2) is 6.61 Å². The van der Waals surface area contributed by atoms with Gasteiger partial charge in [0.05, 0.1) is 11.6 Å². The van der Waals surface area contributed by atoms with Crippen molar-refractivity contribution in [3.8, 4) is 0 Å². The van der Waals surface area contributed by atoms with E-state index < -0.39 is 5.97 Å². The van der Waals surface area contributed by atoms with E-state index in [2.05, 4.69) is 12.2 Å². The molecule has 1 atom stereocenters. The molecule has 2 aromatic rings. The van der Waals surface area contributed by atoms with Crippen molar-refractivity contribution in [2.24, 2.45) is 0 Å². The maximum atomic E-state index is 12.2. The molecule has 3 N–H and O–H groups in total. The molecular weight excluding hydrogens is 316 g/mol. The average Bonchev–Trinajstić information content (AvgIpc) is 2.62. The summed E-state index contributed by atoms with van der Waals surface area (Å²) in [7, 11) is 0. The first kappa shape index (κ1) is 18.5. The number of amides is 1. The Hall–Kier alpha value is -2.82. The minimum absolute atomic E-state index is 0.0959. The zero-order chi connectivity index (χ0) is 18.2. The molecule has 0 heterocycles. The fraction of sp³-hybridized carbons (Fsp3) is 0.300. The summed E-state index contributed by atoms with van der Waals surface area (Å²) in [5.41, 5.74) is 8.37. The summed E-state index contributed by atoms with van der Waals surface area (Å²) in [6.45, 7) is 3.54. The molecule has 132 valence electrons. The Balaban J connectivity index is 1.95. The van der Waals surface area contributed by atoms with Crippen LogP contribution in [-0.4, -0.2) is 18.5 Å². The van der Waals surface area contributed by atoms with Crippen molar-refractivity contribution in [1.29, 1.82) is 0 Å². The lowest BCUT2D eigenvalue weighted by Gasteiger charge is -2.18. The highest BCUT2D eigenvalue weighted by Crippen LogP contribution is 2.19. The Morgan fingerprint density at radius 2 is 1.84 bits per heavy atom. The molecule has 0 fully saturated rings. The van der Waals surface area contributed by atoms with Crippen LogP contribution in [0, 0.1) is 6.92 Å². The van der Waals surface area contributed by atoms with E-state index in [4.69, 9.17) is 10.5 Å². The van der Waals surface area contributed by atoms with Crippen molar-refractivity contribution in [2.75, 3.05) is 12.3 Å². The number of rotatable bonds is 7. The maximum absolute atomic E-state index is 12.2. The van der Waals surface area contributed by atoms with Crippen LogP contribution in [-0.2, 0) is 9.53 Å². The Morgan fingerprint density at radius 1 is 1.12 bits per heavy atom. The molecule has 25 heavy (non-hydrogen) atoms. The Kier molecular flexibility index (Phi) is 6.57. The number of nitrogen functional groups attached to an aromatic ring is 1. The molecule has 0 aromatic heterocycles. The molecule has 1 amide bonds. The van der Waals surface area contributed by atoms with E-state index in [1.54, 1.807) is 12.1 Å². The molecule has 2 rings (SSSR count). The third-order valence-corrected chi connectivity index (χ3v) is 3.99. The quantitative estimate of drug-likeness (QED) is 0.598. The highest BCUT2D eigenvalue weighted by atomic mass is 16.5. The van der Waals surface area contributed by atoms with Gasteiger partial charge in [-0.15, -0.1) is 0 Å². The summed E-state index contributed by atoms with van der Waals surface area (Å²) >= 11 is 0. The minimum Gasteiger partial charge on any atom is -0.452 e. The van der Waals surface area contributed by atoms with Gasteiger partial charge in [-0.05, 0) is 30.5 Å². The first-order valence-corrected chi connectivity index (χ1v) is 8.39. The van der Waals surface area contributed by atoms with Gasteiger partial charge in [-0.2, -0.15) is 0 Å². The molecule has 0 unspecified atom stereocenters. The van der Waals surface area contributed by atoms with Crippen molar-refractivity contribution in [3.63, 3.8) is 0 Å². The van der Waals surface area contributed by atoms with Crippen LogP contribution in [0.5, 0.6) is 0 Å². The van der Waals surface area contributed by atoms with E-state index in [0.29, 0.717) is 5.69 Å². The van der Waals surface area contributed by atoms with E-state index in [9.17, 15) is 9.59 Å². The number of esters is 1. The molecule has 5 nitrogen and oxygen atoms in total. The molecule has 2 aromatic carbocycles. The molecule has 5 heteroatoms. The van der Waals surface area contributed by atoms with E-state index in [-0.39, 0.29) is 24.1 Å². The summed E-state index contributed by atoms with van der Waals surface area (Å²) in [6, 6.07) is 14.8. The highest BCUT2D eigenvalue weighted by Gasteiger charge is 2.17. The predicted molar refractivity (Wildman–Crippen MR) is 98.1 cm³/mol. The standard InChI is InChI=1S/C20H24N2O3/c1-3-8-17(15-10-5-4-6-11-15)22-18(23)13-25-20(24)16-12-7-9-14(2)19(16)21/h4-7,9-12,17H,3,8,13,21H2,1-2H3,(H,22,23)/t17-/m1/s1. The van der Waals surface area contributed by atoms with Crippen LogP contribution in [0.15, 0.2) is 48.5 Å². The van der Waals surface area contributed by atoms with Gasteiger partial charge in [0, 0.05) is 5.69 Å². The van der Waals surface area contributed by atoms with Gasteiger partial charge < -0.3 is 15.8 Å². The van der Waals surface area contributed by atoms with Crippen molar-refractivity contribution in [2.45, 2.75) is 32.7 Å². The molecule has 0 spiro atoms. The Morgan fingerprint density at radius 3 is 2.52 bits per heavy atom. The van der Waals surface area contributed by atoms with Crippen LogP contribution in [0.25, 0.3) is 0 Å². The fourth-order valence-electron chi connectivity index (χ4n) is 2.60. The first-order valence-electron chi connectivity index (χ1n) is 8.39. The number of carbonyl (C=O) groups is 2. The number of anilines is 1. The van der Waals surface area contributed by atoms with Gasteiger partial charge in [0.1, 0.15) is 0 Å². The molecule has 0 radical (unpaired) electrons. The third-order valence-electron chi connectivity index (χ3n) is 3.99. The van der Waals surface area contributed by atoms with Crippen molar-refractivity contribution >= 4 is 17.6 Å². The molecule has 0 aliphatic heterocycles. The molecule has 0 bridgehead atoms. The minimum atomic E-state index is -0.594. The van der Waals surface area contributed by atoms with Crippen LogP contribution in [0.3, 0.4) is 0 Å². The normalized spacial score (nSPS) is 11.6. The summed E-state index contributed by atoms with van der Waals surface area (Å²) in [5, 5.41) is 2.92. The van der Waals surface area contributed by atoms with Crippen LogP contribution in [0.1, 0.15) is 47.3 Å². The number of benzene rings is 2. The third kappa shape index (κ3) is 5.08. The number of para-hydroxylation sites is 1. The van der Waals surface area contributed by atoms with Crippen LogP contribution >= 0.6 is 0 Å². The number of carbonyl (C=O) groups excluding carboxylic acids is 2. The Bertz CT molecular complexity index is 729. The number of aryl methyl sites for hydroxylation is 1. The summed E-state index contributed by atoms with van der Waals surface area (Å²) in [4.78, 5) is 24.3. The maximum Gasteiger partial charge on any atom is 0.340 e. The van der Waals surface area contributed by atoms with Gasteiger partial charge in [-0.25, -0.2) is 4.79 Å². The Labute approximate surface area is 148 Å². The second-order valence-electron chi connectivity index (χ2n) is 5.93. The van der Waals surface area contributed by atoms with Gasteiger partial charge in [-0.1, -0.05) is 55.8 Å². The summed E-state index contributed by atoms with van der Waals surface area (Å²) in [6.07, 6.45) is 1.74. The molecular formula is C20H24N2O3. The van der Waals surface area contributed by atoms with E-state index in [1.807, 2.05) is 43.3 Å². The molecule has 0 aliphatic rings. The summed E-state index contributed by atoms with van der Waals surface area (Å²) in [5.74, 6) is -0.926. The van der Waals surface area contributed by atoms with Crippen LogP contribution in [0.2, 0.25) is 0 Å². The molecule has 0 aliphatic carbocycles. The van der Waals surface area contributed by atoms with Crippen LogP contribution < -0.4 is 11.1 Å². The molecule has 0 saturated heterocycles. The van der Waals surface area contributed by atoms with Gasteiger partial charge in [0.25, 0.3) is 5.91 Å². The number of ether oxygens (including phenoxy) is 1. The highest BCUT2D eigenvalue weighted by molar-refractivity contribution is 5.96. The fourth-order valence-corrected chi connectivity index (χ4v) is 2.60. The largest absolute Gasteiger partial charge is 0.452 e. The first-order chi connectivity index (χ1) is 12.0. The van der Waals surface area contributed by atoms with Crippen molar-refractivity contribution < 1.29 is 14.3 Å². The lowest BCUT2D eigenvalue weighted by atomic mass is 10.0. The molecule has 0 saturated carbocycles. The monoisotopic (exact) mass is 340 g/mol. The summed E-state index contributed by atoms with van der Waals surface area (Å²) < 4.78 is 5.11. The number of hydrogen-bond acceptors (Lipinski definition) is 4. The lowest BCUT2D eigenvalue weighted by molar-refractivity contribution is -0.125. The topological polar surface area (TPSA) is 81.4 Å². The van der Waals surface area contributed by atoms with Crippen LogP contribution in [0.4, 0.5) is 5.69 Å². The van der Waals surface area contributed by atoms with E-state index >= 15 is 0 Å². The van der Waals surface area contributed by atoms with Gasteiger partial charge >= 0.3 is 5.97 Å². The van der Waals surface area contributed by atoms with Crippen molar-refractivity contribution in [3.05, 3.63) is 65.2 Å². The second-order valence-corrected chi connectivity index (χ2v) is 5.93. The zero-order valence-electron chi connectivity index (χ0n) is 14.6. The number of nitrogens with two attached hydrogens (primary N) is 1. The smallest absolute Gasteiger partial charge is 0.340 e. The SMILES string of the molecule is CCC[C@@H](NC(=O)COC(=O)c1cccc(C)c1N)c1ccccc1. The van der Waals surface area contributed by atoms with Gasteiger partial charge in [-0.3, -0.25) is 4.79 Å². The predicted octanol–water partition coefficient (Wildman–Crippen LogP) is 3.39. The lowest BCUT2D eigenvalue weighted by Crippen LogP contribution is -2.32. The second kappa shape index (κ2) is 8.87. The van der Waals surface area contributed by atoms with Gasteiger partial charge in [0.2, 0.25) is 0 Å². The van der Waals surface area contributed by atoms with E-state index in [1.165, 1.54) is 0 Å². The van der Waals surface area contributed by atoms with E-state index in [0.717, 1.165) is 24.0 Å². The zero-order valence-corrected chi connectivity index (χ0v) is 14.6. The average molecular weight is 340 g/mol. The van der Waals surface area contributed by atoms with Crippen molar-refractivity contribution in [1.82, 2.24) is 5.32 Å². The number of nitrogens with one attached hydrogen (secondary N) is 1.